The largest absolute Gasteiger partial charge is 0.465 e. The zero-order valence-electron chi connectivity index (χ0n) is 44.2. The lowest BCUT2D eigenvalue weighted by atomic mass is 9.94. The first kappa shape index (κ1) is 64.1. The van der Waals surface area contributed by atoms with Crippen molar-refractivity contribution >= 4 is 41.9 Å². The Balaban J connectivity index is 5.68. The van der Waals surface area contributed by atoms with E-state index in [-0.39, 0.29) is 115 Å². The summed E-state index contributed by atoms with van der Waals surface area (Å²) in [5.41, 5.74) is -2.94. The van der Waals surface area contributed by atoms with Crippen molar-refractivity contribution < 1.29 is 66.7 Å². The van der Waals surface area contributed by atoms with Crippen LogP contribution in [0.2, 0.25) is 0 Å². The summed E-state index contributed by atoms with van der Waals surface area (Å²) < 4.78 is 39.3. The molecule has 0 aromatic carbocycles. The molecule has 0 bridgehead atoms. The summed E-state index contributed by atoms with van der Waals surface area (Å²) in [7, 11) is 0. The third kappa shape index (κ3) is 37.0. The van der Waals surface area contributed by atoms with Crippen LogP contribution in [0.15, 0.2) is 0 Å². The van der Waals surface area contributed by atoms with E-state index >= 15 is 0 Å². The first-order valence-corrected chi connectivity index (χ1v) is 26.2. The molecule has 0 radical (unpaired) electrons. The topological polar surface area (TPSA) is 187 Å². The Kier molecular flexibility index (Phi) is 36.6. The second-order valence-electron chi connectivity index (χ2n) is 20.2. The number of carbonyl (C=O) groups excluding carboxylic acids is 7. The van der Waals surface area contributed by atoms with Crippen molar-refractivity contribution in [3.63, 3.8) is 0 Å². The number of carbonyl (C=O) groups is 7. The van der Waals surface area contributed by atoms with Gasteiger partial charge < -0.3 is 38.1 Å². The molecule has 0 spiro atoms. The summed E-state index contributed by atoms with van der Waals surface area (Å²) in [6.45, 7) is 15.7. The van der Waals surface area contributed by atoms with Gasteiger partial charge in [-0.05, 0) is 60.3 Å². The van der Waals surface area contributed by atoms with E-state index in [0.717, 1.165) is 103 Å². The summed E-state index contributed by atoms with van der Waals surface area (Å²) in [6.07, 6.45) is 19.2. The normalized spacial score (nSPS) is 11.7. The van der Waals surface area contributed by atoms with Crippen molar-refractivity contribution in [3.05, 3.63) is 0 Å². The van der Waals surface area contributed by atoms with Crippen LogP contribution in [0.4, 0.5) is 4.79 Å². The highest BCUT2D eigenvalue weighted by atomic mass is 16.6. The molecule has 1 amide bonds. The average Bonchev–Trinajstić information content (AvgIpc) is 3.29. The number of ether oxygens (including phenoxy) is 7. The van der Waals surface area contributed by atoms with Crippen molar-refractivity contribution in [2.24, 2.45) is 10.8 Å². The molecule has 396 valence electrons. The summed E-state index contributed by atoms with van der Waals surface area (Å²) in [5.74, 6) is -2.85. The van der Waals surface area contributed by atoms with Gasteiger partial charge >= 0.3 is 41.9 Å². The van der Waals surface area contributed by atoms with Crippen molar-refractivity contribution in [2.75, 3.05) is 52.7 Å². The maximum Gasteiger partial charge on any atom is 0.410 e. The SMILES string of the molecule is CCCCCCCC(=O)OCC(C)(COC(=O)CCCCCCC)COC(=O)CCN(CCC(=O)OCC(C)(COC(=O)CCCCCCC)COC(=O)CCCCCCC)C(=O)OC(C)(C)C. The predicted molar refractivity (Wildman–Crippen MR) is 263 cm³/mol. The van der Waals surface area contributed by atoms with E-state index in [4.69, 9.17) is 33.2 Å². The van der Waals surface area contributed by atoms with Crippen LogP contribution in [0.3, 0.4) is 0 Å². The van der Waals surface area contributed by atoms with E-state index in [1.807, 2.05) is 0 Å². The average molecular weight is 970 g/mol. The minimum atomic E-state index is -1.03. The van der Waals surface area contributed by atoms with Gasteiger partial charge in [-0.15, -0.1) is 0 Å². The van der Waals surface area contributed by atoms with Gasteiger partial charge in [0.15, 0.2) is 0 Å². The minimum absolute atomic E-state index is 0.133. The van der Waals surface area contributed by atoms with Crippen LogP contribution in [-0.4, -0.2) is 105 Å². The Hall–Kier alpha value is -3.91. The van der Waals surface area contributed by atoms with Crippen molar-refractivity contribution in [1.29, 1.82) is 0 Å². The molecule has 0 saturated carbocycles. The number of nitrogens with zero attached hydrogens (tertiary/aromatic N) is 1. The van der Waals surface area contributed by atoms with Crippen molar-refractivity contribution in [2.45, 2.75) is 235 Å². The van der Waals surface area contributed by atoms with Crippen LogP contribution in [0.25, 0.3) is 0 Å². The molecule has 0 aliphatic carbocycles. The number of unbranched alkanes of at least 4 members (excludes halogenated alkanes) is 16. The van der Waals surface area contributed by atoms with E-state index in [2.05, 4.69) is 27.7 Å². The third-order valence-electron chi connectivity index (χ3n) is 11.3. The van der Waals surface area contributed by atoms with Gasteiger partial charge in [0, 0.05) is 38.8 Å². The Morgan fingerprint density at radius 1 is 0.324 bits per heavy atom. The first-order chi connectivity index (χ1) is 32.3. The molecule has 15 heteroatoms. The molecule has 68 heavy (non-hydrogen) atoms. The molecule has 0 fully saturated rings. The van der Waals surface area contributed by atoms with Crippen molar-refractivity contribution in [3.8, 4) is 0 Å². The van der Waals surface area contributed by atoms with Crippen LogP contribution in [0.5, 0.6) is 0 Å². The highest BCUT2D eigenvalue weighted by Gasteiger charge is 2.33. The molecule has 0 N–H and O–H groups in total. The van der Waals surface area contributed by atoms with E-state index in [1.165, 1.54) is 4.90 Å². The van der Waals surface area contributed by atoms with E-state index in [0.29, 0.717) is 25.7 Å². The van der Waals surface area contributed by atoms with Crippen LogP contribution in [-0.2, 0) is 61.9 Å². The summed E-state index contributed by atoms with van der Waals surface area (Å²) >= 11 is 0. The van der Waals surface area contributed by atoms with E-state index in [9.17, 15) is 33.6 Å². The van der Waals surface area contributed by atoms with Crippen LogP contribution >= 0.6 is 0 Å². The highest BCUT2D eigenvalue weighted by molar-refractivity contribution is 5.74. The maximum atomic E-state index is 13.3. The first-order valence-electron chi connectivity index (χ1n) is 26.2. The van der Waals surface area contributed by atoms with Gasteiger partial charge in [0.05, 0.1) is 23.7 Å². The molecule has 0 aliphatic rings. The maximum absolute atomic E-state index is 13.3. The second kappa shape index (κ2) is 38.9. The van der Waals surface area contributed by atoms with Gasteiger partial charge in [-0.25, -0.2) is 4.79 Å². The summed E-state index contributed by atoms with van der Waals surface area (Å²) in [4.78, 5) is 91.5. The molecule has 0 heterocycles. The number of hydrogen-bond acceptors (Lipinski definition) is 14. The van der Waals surface area contributed by atoms with Gasteiger partial charge in [-0.3, -0.25) is 28.8 Å². The van der Waals surface area contributed by atoms with Crippen LogP contribution < -0.4 is 0 Å². The van der Waals surface area contributed by atoms with E-state index in [1.54, 1.807) is 34.6 Å². The third-order valence-corrected chi connectivity index (χ3v) is 11.3. The summed E-state index contributed by atoms with van der Waals surface area (Å²) in [6, 6.07) is 0. The number of esters is 6. The predicted octanol–water partition coefficient (Wildman–Crippen LogP) is 11.7. The Morgan fingerprint density at radius 3 is 0.765 bits per heavy atom. The molecule has 0 rings (SSSR count). The standard InChI is InChI=1S/C53H95NO14/c1-10-14-18-22-26-30-44(55)62-38-52(8,39-63-45(56)31-27-23-19-15-11-2)42-66-48(59)34-36-54(50(61)68-51(5,6)7)37-35-49(60)67-43-53(9,40-64-46(57)32-28-24-20-16-12-3)41-65-47(58)33-29-25-21-17-13-4/h10-43H2,1-9H3. The number of hydrogen-bond donors (Lipinski definition) is 0. The highest BCUT2D eigenvalue weighted by Crippen LogP contribution is 2.23. The molecule has 0 unspecified atom stereocenters. The number of rotatable bonds is 42. The fraction of sp³-hybridized carbons (Fsp3) is 0.868. The molecule has 0 aromatic rings. The lowest BCUT2D eigenvalue weighted by Gasteiger charge is -2.29. The smallest absolute Gasteiger partial charge is 0.410 e. The molecule has 0 aliphatic heterocycles. The monoisotopic (exact) mass is 970 g/mol. The van der Waals surface area contributed by atoms with Gasteiger partial charge in [-0.2, -0.15) is 0 Å². The van der Waals surface area contributed by atoms with Crippen LogP contribution in [0.1, 0.15) is 229 Å². The van der Waals surface area contributed by atoms with E-state index < -0.39 is 34.5 Å². The Bertz CT molecular complexity index is 1260. The zero-order valence-corrected chi connectivity index (χ0v) is 44.2. The van der Waals surface area contributed by atoms with Crippen molar-refractivity contribution in [1.82, 2.24) is 4.90 Å². The fourth-order valence-electron chi connectivity index (χ4n) is 6.78. The molecular formula is C53H95NO14. The molecule has 15 nitrogen and oxygen atoms in total. The molecular weight excluding hydrogens is 875 g/mol. The molecule has 0 aromatic heterocycles. The lowest BCUT2D eigenvalue weighted by molar-refractivity contribution is -0.163. The fourth-order valence-corrected chi connectivity index (χ4v) is 6.78. The second-order valence-corrected chi connectivity index (χ2v) is 20.2. The van der Waals surface area contributed by atoms with Gasteiger partial charge in [-0.1, -0.05) is 130 Å². The zero-order chi connectivity index (χ0) is 51.1. The molecule has 0 saturated heterocycles. The molecule has 0 atom stereocenters. The van der Waals surface area contributed by atoms with Gasteiger partial charge in [0.25, 0.3) is 0 Å². The number of amides is 1. The minimum Gasteiger partial charge on any atom is -0.465 e. The van der Waals surface area contributed by atoms with Crippen LogP contribution in [0, 0.1) is 10.8 Å². The lowest BCUT2D eigenvalue weighted by Crippen LogP contribution is -2.40. The Morgan fingerprint density at radius 2 is 0.544 bits per heavy atom. The quantitative estimate of drug-likeness (QED) is 0.0319. The summed E-state index contributed by atoms with van der Waals surface area (Å²) in [5, 5.41) is 0. The van der Waals surface area contributed by atoms with Gasteiger partial charge in [0.1, 0.15) is 45.2 Å². The van der Waals surface area contributed by atoms with Gasteiger partial charge in [0.2, 0.25) is 0 Å². The Labute approximate surface area is 410 Å².